The maximum Gasteiger partial charge on any atom is 0.0948 e. The van der Waals surface area contributed by atoms with Gasteiger partial charge in [-0.15, -0.1) is 0 Å². The van der Waals surface area contributed by atoms with Gasteiger partial charge in [-0.25, -0.2) is 9.97 Å². The summed E-state index contributed by atoms with van der Waals surface area (Å²) < 4.78 is 4.43. The molecular formula is C14H21N5. The number of rotatable bonds is 6. The van der Waals surface area contributed by atoms with E-state index in [2.05, 4.69) is 24.4 Å². The van der Waals surface area contributed by atoms with E-state index in [9.17, 15) is 0 Å². The number of nitrogens with one attached hydrogen (secondary N) is 1. The quantitative estimate of drug-likeness (QED) is 0.807. The first-order valence-corrected chi connectivity index (χ1v) is 7.12. The molecule has 0 radical (unpaired) electrons. The molecule has 2 aromatic heterocycles. The van der Waals surface area contributed by atoms with Crippen molar-refractivity contribution in [2.45, 2.75) is 44.8 Å². The molecule has 0 aromatic carbocycles. The fourth-order valence-corrected chi connectivity index (χ4v) is 2.74. The Hall–Kier alpha value is -1.62. The van der Waals surface area contributed by atoms with Crippen molar-refractivity contribution < 1.29 is 0 Å². The number of aryl methyl sites for hydroxylation is 2. The first-order chi connectivity index (χ1) is 9.43. The lowest BCUT2D eigenvalue weighted by Gasteiger charge is -2.13. The van der Waals surface area contributed by atoms with Crippen LogP contribution >= 0.6 is 0 Å². The van der Waals surface area contributed by atoms with E-state index in [1.807, 2.05) is 31.2 Å². The topological polar surface area (TPSA) is 47.7 Å². The van der Waals surface area contributed by atoms with E-state index >= 15 is 0 Å². The van der Waals surface area contributed by atoms with Crippen molar-refractivity contribution >= 4 is 0 Å². The second-order valence-corrected chi connectivity index (χ2v) is 5.17. The molecule has 1 aliphatic heterocycles. The van der Waals surface area contributed by atoms with Gasteiger partial charge in [0.15, 0.2) is 0 Å². The van der Waals surface area contributed by atoms with Gasteiger partial charge in [0.05, 0.1) is 18.3 Å². The molecule has 1 aliphatic rings. The lowest BCUT2D eigenvalue weighted by molar-refractivity contribution is 0.516. The van der Waals surface area contributed by atoms with E-state index in [1.54, 1.807) is 0 Å². The van der Waals surface area contributed by atoms with Crippen LogP contribution in [-0.4, -0.2) is 25.6 Å². The summed E-state index contributed by atoms with van der Waals surface area (Å²) in [6, 6.07) is 0.510. The van der Waals surface area contributed by atoms with Crippen molar-refractivity contribution in [3.8, 4) is 0 Å². The van der Waals surface area contributed by atoms with Crippen LogP contribution in [0.1, 0.15) is 37.4 Å². The second-order valence-electron chi connectivity index (χ2n) is 5.17. The Morgan fingerprint density at radius 2 is 2.16 bits per heavy atom. The number of unbranched alkanes of at least 4 members (excludes halogenated alkanes) is 1. The molecule has 5 heteroatoms. The van der Waals surface area contributed by atoms with Crippen LogP contribution in [0, 0.1) is 0 Å². The van der Waals surface area contributed by atoms with E-state index in [0.717, 1.165) is 19.6 Å². The van der Waals surface area contributed by atoms with Gasteiger partial charge in [-0.2, -0.15) is 0 Å². The third-order valence-corrected chi connectivity index (χ3v) is 3.79. The molecule has 5 nitrogen and oxygen atoms in total. The van der Waals surface area contributed by atoms with Crippen LogP contribution in [0.5, 0.6) is 0 Å². The molecule has 19 heavy (non-hydrogen) atoms. The van der Waals surface area contributed by atoms with Gasteiger partial charge in [0.1, 0.15) is 0 Å². The first-order valence-electron chi connectivity index (χ1n) is 7.12. The molecule has 0 spiro atoms. The minimum atomic E-state index is 0.510. The Morgan fingerprint density at radius 1 is 1.21 bits per heavy atom. The molecule has 0 amide bonds. The van der Waals surface area contributed by atoms with E-state index in [1.165, 1.54) is 31.4 Å². The lowest BCUT2D eigenvalue weighted by atomic mass is 10.1. The fraction of sp³-hybridized carbons (Fsp3) is 0.571. The molecule has 0 unspecified atom stereocenters. The largest absolute Gasteiger partial charge is 0.337 e. The van der Waals surface area contributed by atoms with Gasteiger partial charge < -0.3 is 14.5 Å². The normalized spacial score (nSPS) is 19.1. The second kappa shape index (κ2) is 6.02. The Kier molecular flexibility index (Phi) is 3.93. The van der Waals surface area contributed by atoms with E-state index in [4.69, 9.17) is 0 Å². The molecule has 3 heterocycles. The third-order valence-electron chi connectivity index (χ3n) is 3.79. The maximum absolute atomic E-state index is 4.30. The zero-order valence-corrected chi connectivity index (χ0v) is 11.2. The van der Waals surface area contributed by atoms with Crippen molar-refractivity contribution in [2.75, 3.05) is 6.54 Å². The highest BCUT2D eigenvalue weighted by Gasteiger charge is 2.19. The van der Waals surface area contributed by atoms with E-state index in [-0.39, 0.29) is 0 Å². The zero-order chi connectivity index (χ0) is 12.9. The van der Waals surface area contributed by atoms with Crippen LogP contribution in [0.2, 0.25) is 0 Å². The molecule has 1 fully saturated rings. The molecule has 102 valence electrons. The average Bonchev–Trinajstić information content (AvgIpc) is 3.15. The van der Waals surface area contributed by atoms with Gasteiger partial charge in [0, 0.05) is 37.7 Å². The highest BCUT2D eigenvalue weighted by Crippen LogP contribution is 2.22. The van der Waals surface area contributed by atoms with Gasteiger partial charge in [-0.05, 0) is 32.2 Å². The van der Waals surface area contributed by atoms with Crippen molar-refractivity contribution in [3.05, 3.63) is 36.9 Å². The number of nitrogens with zero attached hydrogens (tertiary/aromatic N) is 4. The standard InChI is InChI=1S/C14H21N5/c1(7-18-9-6-15-11-18)2-8-19-12-16-10-14(19)13-4-3-5-17-13/h6,9-13,17H,1-5,7-8H2/t13-/m0/s1. The molecule has 0 saturated carbocycles. The molecule has 1 saturated heterocycles. The first kappa shape index (κ1) is 12.4. The maximum atomic E-state index is 4.30. The van der Waals surface area contributed by atoms with Crippen molar-refractivity contribution in [1.29, 1.82) is 0 Å². The summed E-state index contributed by atoms with van der Waals surface area (Å²) in [6.45, 7) is 3.24. The summed E-state index contributed by atoms with van der Waals surface area (Å²) in [5.41, 5.74) is 1.35. The molecule has 0 aliphatic carbocycles. The van der Waals surface area contributed by atoms with Crippen LogP contribution in [0.3, 0.4) is 0 Å². The third kappa shape index (κ3) is 3.04. The minimum absolute atomic E-state index is 0.510. The predicted molar refractivity (Wildman–Crippen MR) is 73.7 cm³/mol. The van der Waals surface area contributed by atoms with Gasteiger partial charge >= 0.3 is 0 Å². The van der Waals surface area contributed by atoms with Crippen molar-refractivity contribution in [1.82, 2.24) is 24.4 Å². The molecule has 1 atom stereocenters. The molecule has 0 bridgehead atoms. The number of aromatic nitrogens is 4. The SMILES string of the molecule is c1cn(CCCCn2cncc2[C@@H]2CCCN2)cn1. The smallest absolute Gasteiger partial charge is 0.0948 e. The van der Waals surface area contributed by atoms with Gasteiger partial charge in [-0.3, -0.25) is 0 Å². The predicted octanol–water partition coefficient (Wildman–Crippen LogP) is 1.98. The van der Waals surface area contributed by atoms with Crippen molar-refractivity contribution in [3.63, 3.8) is 0 Å². The Morgan fingerprint density at radius 3 is 2.95 bits per heavy atom. The fourth-order valence-electron chi connectivity index (χ4n) is 2.74. The Labute approximate surface area is 113 Å². The summed E-state index contributed by atoms with van der Waals surface area (Å²) in [5.74, 6) is 0. The van der Waals surface area contributed by atoms with Crippen LogP contribution < -0.4 is 5.32 Å². The summed E-state index contributed by atoms with van der Waals surface area (Å²) in [7, 11) is 0. The number of hydrogen-bond acceptors (Lipinski definition) is 3. The van der Waals surface area contributed by atoms with Gasteiger partial charge in [-0.1, -0.05) is 0 Å². The van der Waals surface area contributed by atoms with E-state index in [0.29, 0.717) is 6.04 Å². The van der Waals surface area contributed by atoms with Crippen LogP contribution in [-0.2, 0) is 13.1 Å². The van der Waals surface area contributed by atoms with Crippen LogP contribution in [0.25, 0.3) is 0 Å². The van der Waals surface area contributed by atoms with E-state index < -0.39 is 0 Å². The summed E-state index contributed by atoms with van der Waals surface area (Å²) in [5, 5.41) is 3.54. The molecule has 3 rings (SSSR count). The number of hydrogen-bond donors (Lipinski definition) is 1. The Balaban J connectivity index is 1.48. The van der Waals surface area contributed by atoms with Crippen LogP contribution in [0.4, 0.5) is 0 Å². The summed E-state index contributed by atoms with van der Waals surface area (Å²) in [4.78, 5) is 8.36. The number of imidazole rings is 2. The highest BCUT2D eigenvalue weighted by molar-refractivity contribution is 5.07. The lowest BCUT2D eigenvalue weighted by Crippen LogP contribution is -2.17. The monoisotopic (exact) mass is 259 g/mol. The van der Waals surface area contributed by atoms with Gasteiger partial charge in [0.25, 0.3) is 0 Å². The molecule has 1 N–H and O–H groups in total. The molecule has 2 aromatic rings. The van der Waals surface area contributed by atoms with Crippen LogP contribution in [0.15, 0.2) is 31.2 Å². The highest BCUT2D eigenvalue weighted by atomic mass is 15.1. The molecular weight excluding hydrogens is 238 g/mol. The Bertz CT molecular complexity index is 482. The van der Waals surface area contributed by atoms with Crippen molar-refractivity contribution in [2.24, 2.45) is 0 Å². The zero-order valence-electron chi connectivity index (χ0n) is 11.2. The minimum Gasteiger partial charge on any atom is -0.337 e. The van der Waals surface area contributed by atoms with Gasteiger partial charge in [0.2, 0.25) is 0 Å². The summed E-state index contributed by atoms with van der Waals surface area (Å²) >= 11 is 0. The average molecular weight is 259 g/mol. The summed E-state index contributed by atoms with van der Waals surface area (Å²) in [6.07, 6.45) is 14.6.